The summed E-state index contributed by atoms with van der Waals surface area (Å²) in [5.41, 5.74) is 4.01. The molecule has 1 unspecified atom stereocenters. The molecule has 0 aliphatic rings. The molecule has 2 aromatic rings. The van der Waals surface area contributed by atoms with Crippen LogP contribution < -0.4 is 5.32 Å². The van der Waals surface area contributed by atoms with E-state index in [9.17, 15) is 4.39 Å². The monoisotopic (exact) mass is 257 g/mol. The molecule has 0 amide bonds. The Labute approximate surface area is 114 Å². The van der Waals surface area contributed by atoms with Crippen LogP contribution in [0, 0.1) is 12.7 Å². The molecule has 0 aliphatic heterocycles. The Morgan fingerprint density at radius 2 is 1.95 bits per heavy atom. The quantitative estimate of drug-likeness (QED) is 0.872. The van der Waals surface area contributed by atoms with Crippen LogP contribution in [-0.4, -0.2) is 7.05 Å². The molecule has 0 fully saturated rings. The summed E-state index contributed by atoms with van der Waals surface area (Å²) in [6.07, 6.45) is 0.987. The first-order valence-electron chi connectivity index (χ1n) is 6.68. The van der Waals surface area contributed by atoms with Gasteiger partial charge < -0.3 is 5.32 Å². The van der Waals surface area contributed by atoms with Crippen LogP contribution in [0.3, 0.4) is 0 Å². The Balaban J connectivity index is 2.43. The number of nitrogens with one attached hydrogen (secondary N) is 1. The summed E-state index contributed by atoms with van der Waals surface area (Å²) in [6, 6.07) is 13.6. The van der Waals surface area contributed by atoms with Gasteiger partial charge in [0.2, 0.25) is 0 Å². The lowest BCUT2D eigenvalue weighted by Crippen LogP contribution is -2.19. The highest BCUT2D eigenvalue weighted by molar-refractivity contribution is 5.36. The van der Waals surface area contributed by atoms with Crippen LogP contribution in [0.25, 0.3) is 0 Å². The molecule has 1 N–H and O–H groups in total. The number of hydrogen-bond acceptors (Lipinski definition) is 1. The zero-order chi connectivity index (χ0) is 13.8. The van der Waals surface area contributed by atoms with Gasteiger partial charge >= 0.3 is 0 Å². The van der Waals surface area contributed by atoms with Crippen molar-refractivity contribution in [3.8, 4) is 0 Å². The first-order chi connectivity index (χ1) is 9.15. The summed E-state index contributed by atoms with van der Waals surface area (Å²) in [6.45, 7) is 4.03. The first-order valence-corrected chi connectivity index (χ1v) is 6.68. The first kappa shape index (κ1) is 13.8. The number of halogens is 1. The van der Waals surface area contributed by atoms with Gasteiger partial charge in [0, 0.05) is 5.56 Å². The lowest BCUT2D eigenvalue weighted by molar-refractivity contribution is 0.575. The van der Waals surface area contributed by atoms with E-state index in [1.165, 1.54) is 5.56 Å². The predicted octanol–water partition coefficient (Wildman–Crippen LogP) is 4.01. The minimum absolute atomic E-state index is 0.105. The SMILES string of the molecule is CCc1cccc(C(NC)c2ccc(C)cc2F)c1. The van der Waals surface area contributed by atoms with Crippen molar-refractivity contribution in [1.29, 1.82) is 0 Å². The van der Waals surface area contributed by atoms with Crippen molar-refractivity contribution in [2.45, 2.75) is 26.3 Å². The average molecular weight is 257 g/mol. The molecule has 0 saturated heterocycles. The number of aryl methyl sites for hydroxylation is 2. The van der Waals surface area contributed by atoms with E-state index in [-0.39, 0.29) is 11.9 Å². The van der Waals surface area contributed by atoms with E-state index < -0.39 is 0 Å². The molecule has 0 spiro atoms. The highest BCUT2D eigenvalue weighted by atomic mass is 19.1. The van der Waals surface area contributed by atoms with Crippen LogP contribution >= 0.6 is 0 Å². The molecule has 0 heterocycles. The van der Waals surface area contributed by atoms with Gasteiger partial charge in [-0.15, -0.1) is 0 Å². The van der Waals surface area contributed by atoms with Gasteiger partial charge in [0.05, 0.1) is 6.04 Å². The predicted molar refractivity (Wildman–Crippen MR) is 77.9 cm³/mol. The Morgan fingerprint density at radius 3 is 2.58 bits per heavy atom. The average Bonchev–Trinajstić information content (AvgIpc) is 2.42. The Kier molecular flexibility index (Phi) is 4.33. The van der Waals surface area contributed by atoms with Gasteiger partial charge in [-0.2, -0.15) is 0 Å². The summed E-state index contributed by atoms with van der Waals surface area (Å²) in [7, 11) is 1.86. The van der Waals surface area contributed by atoms with Gasteiger partial charge in [0.1, 0.15) is 5.82 Å². The van der Waals surface area contributed by atoms with Gasteiger partial charge in [-0.05, 0) is 43.1 Å². The number of rotatable bonds is 4. The molecule has 0 radical (unpaired) electrons. The van der Waals surface area contributed by atoms with Crippen LogP contribution in [0.5, 0.6) is 0 Å². The molecule has 0 saturated carbocycles. The smallest absolute Gasteiger partial charge is 0.128 e. The second-order valence-electron chi connectivity index (χ2n) is 4.85. The van der Waals surface area contributed by atoms with Crippen LogP contribution in [0.15, 0.2) is 42.5 Å². The largest absolute Gasteiger partial charge is 0.309 e. The molecule has 0 aliphatic carbocycles. The maximum atomic E-state index is 14.1. The van der Waals surface area contributed by atoms with Crippen molar-refractivity contribution in [3.05, 3.63) is 70.5 Å². The van der Waals surface area contributed by atoms with E-state index in [1.54, 1.807) is 6.07 Å². The van der Waals surface area contributed by atoms with Gasteiger partial charge in [-0.1, -0.05) is 43.3 Å². The van der Waals surface area contributed by atoms with Crippen molar-refractivity contribution >= 4 is 0 Å². The zero-order valence-corrected chi connectivity index (χ0v) is 11.7. The van der Waals surface area contributed by atoms with Crippen molar-refractivity contribution in [2.24, 2.45) is 0 Å². The standard InChI is InChI=1S/C17H20FN/c1-4-13-6-5-7-14(11-13)17(19-3)15-9-8-12(2)10-16(15)18/h5-11,17,19H,4H2,1-3H3. The van der Waals surface area contributed by atoms with E-state index in [1.807, 2.05) is 38.2 Å². The highest BCUT2D eigenvalue weighted by Crippen LogP contribution is 2.25. The van der Waals surface area contributed by atoms with E-state index in [4.69, 9.17) is 0 Å². The maximum absolute atomic E-state index is 14.1. The zero-order valence-electron chi connectivity index (χ0n) is 11.7. The molecule has 1 nitrogen and oxygen atoms in total. The summed E-state index contributed by atoms with van der Waals surface area (Å²) < 4.78 is 14.1. The second kappa shape index (κ2) is 5.98. The molecule has 2 aromatic carbocycles. The van der Waals surface area contributed by atoms with Crippen LogP contribution in [-0.2, 0) is 6.42 Å². The van der Waals surface area contributed by atoms with E-state index in [0.717, 1.165) is 17.5 Å². The molecular formula is C17H20FN. The van der Waals surface area contributed by atoms with Crippen molar-refractivity contribution in [3.63, 3.8) is 0 Å². The number of benzene rings is 2. The summed E-state index contributed by atoms with van der Waals surface area (Å²) in [5.74, 6) is -0.152. The van der Waals surface area contributed by atoms with Gasteiger partial charge in [-0.25, -0.2) is 4.39 Å². The van der Waals surface area contributed by atoms with Crippen molar-refractivity contribution in [1.82, 2.24) is 5.32 Å². The van der Waals surface area contributed by atoms with Crippen LogP contribution in [0.4, 0.5) is 4.39 Å². The molecule has 1 atom stereocenters. The van der Waals surface area contributed by atoms with Gasteiger partial charge in [-0.3, -0.25) is 0 Å². The topological polar surface area (TPSA) is 12.0 Å². The van der Waals surface area contributed by atoms with E-state index in [0.29, 0.717) is 5.56 Å². The molecule has 0 aromatic heterocycles. The fourth-order valence-electron chi connectivity index (χ4n) is 2.36. The molecule has 2 rings (SSSR count). The molecule has 2 heteroatoms. The third-order valence-corrected chi connectivity index (χ3v) is 3.45. The van der Waals surface area contributed by atoms with E-state index in [2.05, 4.69) is 24.4 Å². The minimum Gasteiger partial charge on any atom is -0.309 e. The summed E-state index contributed by atoms with van der Waals surface area (Å²) in [5, 5.41) is 3.21. The molecular weight excluding hydrogens is 237 g/mol. The normalized spacial score (nSPS) is 12.4. The second-order valence-corrected chi connectivity index (χ2v) is 4.85. The van der Waals surface area contributed by atoms with Gasteiger partial charge in [0.15, 0.2) is 0 Å². The number of hydrogen-bond donors (Lipinski definition) is 1. The highest BCUT2D eigenvalue weighted by Gasteiger charge is 2.16. The van der Waals surface area contributed by atoms with Crippen LogP contribution in [0.2, 0.25) is 0 Å². The summed E-state index contributed by atoms with van der Waals surface area (Å²) in [4.78, 5) is 0. The Hall–Kier alpha value is -1.67. The van der Waals surface area contributed by atoms with Crippen LogP contribution in [0.1, 0.15) is 35.2 Å². The van der Waals surface area contributed by atoms with E-state index >= 15 is 0 Å². The lowest BCUT2D eigenvalue weighted by atomic mass is 9.95. The molecule has 19 heavy (non-hydrogen) atoms. The molecule has 100 valence electrons. The third kappa shape index (κ3) is 3.02. The Morgan fingerprint density at radius 1 is 1.16 bits per heavy atom. The lowest BCUT2D eigenvalue weighted by Gasteiger charge is -2.19. The summed E-state index contributed by atoms with van der Waals surface area (Å²) >= 11 is 0. The van der Waals surface area contributed by atoms with Crippen molar-refractivity contribution < 1.29 is 4.39 Å². The maximum Gasteiger partial charge on any atom is 0.128 e. The van der Waals surface area contributed by atoms with Crippen molar-refractivity contribution in [2.75, 3.05) is 7.05 Å². The minimum atomic E-state index is -0.152. The molecule has 0 bridgehead atoms. The Bertz CT molecular complexity index is 563. The fourth-order valence-corrected chi connectivity index (χ4v) is 2.36. The van der Waals surface area contributed by atoms with Gasteiger partial charge in [0.25, 0.3) is 0 Å². The fraction of sp³-hybridized carbons (Fsp3) is 0.294. The third-order valence-electron chi connectivity index (χ3n) is 3.45.